The zero-order valence-corrected chi connectivity index (χ0v) is 13.5. The van der Waals surface area contributed by atoms with Gasteiger partial charge >= 0.3 is 0 Å². The van der Waals surface area contributed by atoms with Gasteiger partial charge in [-0.15, -0.1) is 5.10 Å². The van der Waals surface area contributed by atoms with Crippen molar-refractivity contribution in [3.63, 3.8) is 0 Å². The van der Waals surface area contributed by atoms with Gasteiger partial charge in [-0.1, -0.05) is 16.8 Å². The van der Waals surface area contributed by atoms with Gasteiger partial charge in [-0.25, -0.2) is 9.67 Å². The minimum absolute atomic E-state index is 0.196. The third-order valence-electron chi connectivity index (χ3n) is 3.81. The van der Waals surface area contributed by atoms with E-state index in [4.69, 9.17) is 16.3 Å². The van der Waals surface area contributed by atoms with E-state index in [0.717, 1.165) is 5.56 Å². The summed E-state index contributed by atoms with van der Waals surface area (Å²) in [6, 6.07) is 3.44. The van der Waals surface area contributed by atoms with Gasteiger partial charge in [0, 0.05) is 27.1 Å². The maximum atomic E-state index is 12.1. The molecule has 1 aliphatic rings. The van der Waals surface area contributed by atoms with E-state index < -0.39 is 5.60 Å². The molecule has 0 unspecified atom stereocenters. The molecule has 0 aliphatic carbocycles. The minimum atomic E-state index is -1.64. The normalized spacial score (nSPS) is 21.2. The number of methoxy groups -OCH3 is 1. The molecule has 0 saturated carbocycles. The molecular formula is C14H16ClN5O3. The van der Waals surface area contributed by atoms with Crippen LogP contribution in [0.2, 0.25) is 5.15 Å². The van der Waals surface area contributed by atoms with Crippen molar-refractivity contribution < 1.29 is 14.6 Å². The van der Waals surface area contributed by atoms with Gasteiger partial charge in [0.15, 0.2) is 11.4 Å². The fourth-order valence-corrected chi connectivity index (χ4v) is 2.79. The van der Waals surface area contributed by atoms with Gasteiger partial charge < -0.3 is 14.7 Å². The first kappa shape index (κ1) is 15.9. The number of hydrogen-bond acceptors (Lipinski definition) is 6. The van der Waals surface area contributed by atoms with E-state index >= 15 is 0 Å². The van der Waals surface area contributed by atoms with Crippen LogP contribution in [0.3, 0.4) is 0 Å². The van der Waals surface area contributed by atoms with Crippen LogP contribution in [0.1, 0.15) is 17.7 Å². The Kier molecular flexibility index (Phi) is 4.05. The van der Waals surface area contributed by atoms with Crippen LogP contribution in [-0.2, 0) is 21.7 Å². The first-order valence-electron chi connectivity index (χ1n) is 7.00. The Morgan fingerprint density at radius 2 is 2.26 bits per heavy atom. The maximum Gasteiger partial charge on any atom is 0.260 e. The van der Waals surface area contributed by atoms with Crippen LogP contribution in [0.5, 0.6) is 0 Å². The van der Waals surface area contributed by atoms with Gasteiger partial charge in [-0.05, 0) is 17.7 Å². The second-order valence-corrected chi connectivity index (χ2v) is 5.86. The third-order valence-corrected chi connectivity index (χ3v) is 4.01. The Balaban J connectivity index is 1.95. The second-order valence-electron chi connectivity index (χ2n) is 5.47. The van der Waals surface area contributed by atoms with Gasteiger partial charge in [0.1, 0.15) is 10.8 Å². The summed E-state index contributed by atoms with van der Waals surface area (Å²) in [6.45, 7) is 0.847. The van der Waals surface area contributed by atoms with Crippen molar-refractivity contribution >= 4 is 17.5 Å². The van der Waals surface area contributed by atoms with Crippen LogP contribution in [-0.4, -0.2) is 56.6 Å². The highest BCUT2D eigenvalue weighted by molar-refractivity contribution is 6.29. The molecule has 3 rings (SSSR count). The lowest BCUT2D eigenvalue weighted by Gasteiger charge is -2.17. The summed E-state index contributed by atoms with van der Waals surface area (Å²) >= 11 is 6.00. The van der Waals surface area contributed by atoms with Crippen LogP contribution < -0.4 is 0 Å². The third kappa shape index (κ3) is 2.80. The van der Waals surface area contributed by atoms with Crippen molar-refractivity contribution in [3.05, 3.63) is 34.7 Å². The summed E-state index contributed by atoms with van der Waals surface area (Å²) in [4.78, 5) is 17.8. The number of ether oxygens (including phenoxy) is 1. The van der Waals surface area contributed by atoms with Gasteiger partial charge in [-0.2, -0.15) is 0 Å². The van der Waals surface area contributed by atoms with Crippen molar-refractivity contribution in [2.24, 2.45) is 0 Å². The Bertz CT molecular complexity index is 750. The highest BCUT2D eigenvalue weighted by atomic mass is 35.5. The minimum Gasteiger partial charge on any atom is -0.380 e. The standard InChI is InChI=1S/C14H16ClN5O3/c1-19-4-3-14(22,13(19)21)10-7-20(18-17-10)12-6-9(8-23-2)5-11(15)16-12/h5-7,22H,3-4,8H2,1-2H3/t14-/m1/s1. The molecule has 23 heavy (non-hydrogen) atoms. The van der Waals surface area contributed by atoms with Gasteiger partial charge in [0.2, 0.25) is 0 Å². The Morgan fingerprint density at radius 3 is 2.91 bits per heavy atom. The fraction of sp³-hybridized carbons (Fsp3) is 0.429. The van der Waals surface area contributed by atoms with Crippen molar-refractivity contribution in [2.45, 2.75) is 18.6 Å². The molecule has 1 N–H and O–H groups in total. The van der Waals surface area contributed by atoms with Gasteiger partial charge in [0.25, 0.3) is 5.91 Å². The number of amides is 1. The summed E-state index contributed by atoms with van der Waals surface area (Å²) in [5.74, 6) is 0.0503. The van der Waals surface area contributed by atoms with Crippen LogP contribution in [0, 0.1) is 0 Å². The van der Waals surface area contributed by atoms with Gasteiger partial charge in [0.05, 0.1) is 12.8 Å². The summed E-state index contributed by atoms with van der Waals surface area (Å²) in [5, 5.41) is 18.8. The van der Waals surface area contributed by atoms with E-state index in [9.17, 15) is 9.90 Å². The van der Waals surface area contributed by atoms with Gasteiger partial charge in [-0.3, -0.25) is 4.79 Å². The topological polar surface area (TPSA) is 93.4 Å². The molecule has 0 radical (unpaired) electrons. The summed E-state index contributed by atoms with van der Waals surface area (Å²) in [6.07, 6.45) is 1.77. The summed E-state index contributed by atoms with van der Waals surface area (Å²) in [5.41, 5.74) is -0.613. The number of nitrogens with zero attached hydrogens (tertiary/aromatic N) is 5. The smallest absolute Gasteiger partial charge is 0.260 e. The number of likely N-dealkylation sites (N-methyl/N-ethyl adjacent to an activating group) is 1. The molecule has 0 spiro atoms. The summed E-state index contributed by atoms with van der Waals surface area (Å²) in [7, 11) is 3.22. The number of carbonyl (C=O) groups is 1. The van der Waals surface area contributed by atoms with E-state index in [0.29, 0.717) is 24.1 Å². The number of carbonyl (C=O) groups excluding carboxylic acids is 1. The largest absolute Gasteiger partial charge is 0.380 e. The second kappa shape index (κ2) is 5.88. The molecule has 1 atom stereocenters. The average molecular weight is 338 g/mol. The molecule has 1 amide bonds. The lowest BCUT2D eigenvalue weighted by atomic mass is 9.99. The number of rotatable bonds is 4. The maximum absolute atomic E-state index is 12.1. The predicted octanol–water partition coefficient (Wildman–Crippen LogP) is 0.512. The quantitative estimate of drug-likeness (QED) is 0.817. The molecule has 122 valence electrons. The number of halogens is 1. The van der Waals surface area contributed by atoms with Crippen molar-refractivity contribution in [1.82, 2.24) is 24.9 Å². The molecule has 3 heterocycles. The SMILES string of the molecule is COCc1cc(Cl)nc(-n2cc([C@]3(O)CCN(C)C3=O)nn2)c1. The van der Waals surface area contributed by atoms with Crippen LogP contribution >= 0.6 is 11.6 Å². The molecular weight excluding hydrogens is 322 g/mol. The molecule has 0 bridgehead atoms. The molecule has 1 aliphatic heterocycles. The zero-order chi connectivity index (χ0) is 16.6. The molecule has 1 saturated heterocycles. The molecule has 8 nitrogen and oxygen atoms in total. The lowest BCUT2D eigenvalue weighted by molar-refractivity contribution is -0.143. The van der Waals surface area contributed by atoms with Crippen molar-refractivity contribution in [3.8, 4) is 5.82 Å². The monoisotopic (exact) mass is 337 g/mol. The first-order chi connectivity index (χ1) is 10.9. The Morgan fingerprint density at radius 1 is 1.48 bits per heavy atom. The van der Waals surface area contributed by atoms with Crippen molar-refractivity contribution in [2.75, 3.05) is 20.7 Å². The fourth-order valence-electron chi connectivity index (χ4n) is 2.56. The molecule has 0 aromatic carbocycles. The number of likely N-dealkylation sites (tertiary alicyclic amines) is 1. The molecule has 2 aromatic rings. The molecule has 2 aromatic heterocycles. The van der Waals surface area contributed by atoms with E-state index in [1.165, 1.54) is 15.8 Å². The predicted molar refractivity (Wildman–Crippen MR) is 81.0 cm³/mol. The van der Waals surface area contributed by atoms with Crippen molar-refractivity contribution in [1.29, 1.82) is 0 Å². The molecule has 9 heteroatoms. The average Bonchev–Trinajstić information content (AvgIpc) is 3.10. The van der Waals surface area contributed by atoms with Crippen LogP contribution in [0.25, 0.3) is 5.82 Å². The van der Waals surface area contributed by atoms with E-state index in [1.807, 2.05) is 0 Å². The first-order valence-corrected chi connectivity index (χ1v) is 7.38. The van der Waals surface area contributed by atoms with E-state index in [2.05, 4.69) is 15.3 Å². The highest BCUT2D eigenvalue weighted by Gasteiger charge is 2.47. The number of aliphatic hydroxyl groups is 1. The lowest BCUT2D eigenvalue weighted by Crippen LogP contribution is -2.36. The number of aromatic nitrogens is 4. The van der Waals surface area contributed by atoms with E-state index in [-0.39, 0.29) is 18.0 Å². The Labute approximate surface area is 137 Å². The van der Waals surface area contributed by atoms with Crippen LogP contribution in [0.15, 0.2) is 18.3 Å². The van der Waals surface area contributed by atoms with E-state index in [1.54, 1.807) is 26.3 Å². The number of hydrogen-bond donors (Lipinski definition) is 1. The number of pyridine rings is 1. The summed E-state index contributed by atoms with van der Waals surface area (Å²) < 4.78 is 6.46. The zero-order valence-electron chi connectivity index (χ0n) is 12.7. The Hall–Kier alpha value is -2.03. The van der Waals surface area contributed by atoms with Crippen LogP contribution in [0.4, 0.5) is 0 Å². The highest BCUT2D eigenvalue weighted by Crippen LogP contribution is 2.31. The molecule has 1 fully saturated rings.